The molecule has 0 aromatic carbocycles. The highest BCUT2D eigenvalue weighted by molar-refractivity contribution is 7.91. The average Bonchev–Trinajstić information content (AvgIpc) is 3.05. The molecular weight excluding hydrogens is 316 g/mol. The van der Waals surface area contributed by atoms with Gasteiger partial charge >= 0.3 is 6.03 Å². The van der Waals surface area contributed by atoms with Crippen LogP contribution >= 0.6 is 0 Å². The minimum absolute atomic E-state index is 0.0175. The first-order valence-corrected chi connectivity index (χ1v) is 9.40. The zero-order valence-corrected chi connectivity index (χ0v) is 13.8. The van der Waals surface area contributed by atoms with Crippen molar-refractivity contribution in [2.75, 3.05) is 18.1 Å². The van der Waals surface area contributed by atoms with Gasteiger partial charge in [-0.2, -0.15) is 0 Å². The molecule has 3 heterocycles. The molecule has 2 amide bonds. The molecule has 23 heavy (non-hydrogen) atoms. The molecule has 8 heteroatoms. The van der Waals surface area contributed by atoms with E-state index in [2.05, 4.69) is 15.6 Å². The number of amides is 2. The summed E-state index contributed by atoms with van der Waals surface area (Å²) in [5.41, 5.74) is 2.75. The lowest BCUT2D eigenvalue weighted by Gasteiger charge is -2.10. The Morgan fingerprint density at radius 1 is 1.43 bits per heavy atom. The maximum atomic E-state index is 11.8. The van der Waals surface area contributed by atoms with Crippen LogP contribution in [0.1, 0.15) is 17.7 Å². The molecular formula is C15H20N4O3S. The number of nitrogens with zero attached hydrogens (tertiary/aromatic N) is 2. The van der Waals surface area contributed by atoms with Crippen molar-refractivity contribution in [2.45, 2.75) is 19.9 Å². The second kappa shape index (κ2) is 6.19. The van der Waals surface area contributed by atoms with Crippen molar-refractivity contribution in [3.63, 3.8) is 0 Å². The minimum atomic E-state index is -2.90. The van der Waals surface area contributed by atoms with E-state index >= 15 is 0 Å². The van der Waals surface area contributed by atoms with Gasteiger partial charge in [0.05, 0.1) is 23.7 Å². The van der Waals surface area contributed by atoms with Gasteiger partial charge in [-0.15, -0.1) is 0 Å². The van der Waals surface area contributed by atoms with Crippen LogP contribution in [0.3, 0.4) is 0 Å². The predicted molar refractivity (Wildman–Crippen MR) is 86.9 cm³/mol. The van der Waals surface area contributed by atoms with Crippen molar-refractivity contribution in [1.29, 1.82) is 0 Å². The van der Waals surface area contributed by atoms with Crippen molar-refractivity contribution in [2.24, 2.45) is 5.92 Å². The molecule has 0 bridgehead atoms. The highest BCUT2D eigenvalue weighted by Crippen LogP contribution is 2.17. The molecule has 7 nitrogen and oxygen atoms in total. The van der Waals surface area contributed by atoms with E-state index in [1.807, 2.05) is 35.9 Å². The standard InChI is InChI=1S/C15H20N4O3S/c1-11-2-4-19-9-13(18-14(19)6-11)8-17-15(20)16-7-12-3-5-23(21,22)10-12/h2,4,6,9,12H,3,5,7-8,10H2,1H3,(H2,16,17,20). The molecule has 2 aromatic rings. The van der Waals surface area contributed by atoms with Crippen LogP contribution in [0.25, 0.3) is 5.65 Å². The number of nitrogens with one attached hydrogen (secondary N) is 2. The van der Waals surface area contributed by atoms with Gasteiger partial charge in [-0.25, -0.2) is 18.2 Å². The van der Waals surface area contributed by atoms with Gasteiger partial charge in [-0.3, -0.25) is 0 Å². The van der Waals surface area contributed by atoms with Gasteiger partial charge in [0.2, 0.25) is 0 Å². The molecule has 2 N–H and O–H groups in total. The fourth-order valence-corrected chi connectivity index (χ4v) is 4.59. The molecule has 1 fully saturated rings. The average molecular weight is 336 g/mol. The number of sulfone groups is 1. The maximum Gasteiger partial charge on any atom is 0.315 e. The van der Waals surface area contributed by atoms with Crippen LogP contribution in [0.2, 0.25) is 0 Å². The maximum absolute atomic E-state index is 11.8. The van der Waals surface area contributed by atoms with Crippen LogP contribution < -0.4 is 10.6 Å². The summed E-state index contributed by atoms with van der Waals surface area (Å²) in [5, 5.41) is 5.47. The summed E-state index contributed by atoms with van der Waals surface area (Å²) in [6, 6.07) is 3.67. The summed E-state index contributed by atoms with van der Waals surface area (Å²) in [6.07, 6.45) is 4.43. The fourth-order valence-electron chi connectivity index (χ4n) is 2.72. The van der Waals surface area contributed by atoms with Crippen LogP contribution in [0.4, 0.5) is 4.79 Å². The van der Waals surface area contributed by atoms with Crippen molar-refractivity contribution in [1.82, 2.24) is 20.0 Å². The van der Waals surface area contributed by atoms with Crippen LogP contribution in [-0.4, -0.2) is 41.9 Å². The fraction of sp³-hybridized carbons (Fsp3) is 0.467. The van der Waals surface area contributed by atoms with Gasteiger partial charge in [0.15, 0.2) is 9.84 Å². The lowest BCUT2D eigenvalue weighted by Crippen LogP contribution is -2.38. The molecule has 0 saturated carbocycles. The van der Waals surface area contributed by atoms with Crippen LogP contribution in [0, 0.1) is 12.8 Å². The molecule has 1 atom stereocenters. The Morgan fingerprint density at radius 2 is 2.26 bits per heavy atom. The molecule has 0 radical (unpaired) electrons. The van der Waals surface area contributed by atoms with Gasteiger partial charge in [-0.05, 0) is 37.0 Å². The number of fused-ring (bicyclic) bond motifs is 1. The number of urea groups is 1. The number of pyridine rings is 1. The van der Waals surface area contributed by atoms with E-state index in [9.17, 15) is 13.2 Å². The molecule has 1 unspecified atom stereocenters. The number of carbonyl (C=O) groups excluding carboxylic acids is 1. The second-order valence-electron chi connectivity index (χ2n) is 6.03. The van der Waals surface area contributed by atoms with Crippen LogP contribution in [0.15, 0.2) is 24.5 Å². The molecule has 1 aliphatic rings. The van der Waals surface area contributed by atoms with Crippen LogP contribution in [0.5, 0.6) is 0 Å². The number of rotatable bonds is 4. The zero-order chi connectivity index (χ0) is 16.4. The summed E-state index contributed by atoms with van der Waals surface area (Å²) in [5.74, 6) is 0.407. The largest absolute Gasteiger partial charge is 0.338 e. The quantitative estimate of drug-likeness (QED) is 0.867. The number of hydrogen-bond donors (Lipinski definition) is 2. The summed E-state index contributed by atoms with van der Waals surface area (Å²) < 4.78 is 24.6. The molecule has 2 aromatic heterocycles. The number of carbonyl (C=O) groups is 1. The molecule has 1 saturated heterocycles. The third kappa shape index (κ3) is 4.01. The SMILES string of the molecule is Cc1ccn2cc(CNC(=O)NCC3CCS(=O)(=O)C3)nc2c1. The Bertz CT molecular complexity index is 828. The molecule has 3 rings (SSSR count). The lowest BCUT2D eigenvalue weighted by atomic mass is 10.1. The van der Waals surface area contributed by atoms with E-state index in [0.717, 1.165) is 16.9 Å². The summed E-state index contributed by atoms with van der Waals surface area (Å²) in [6.45, 7) is 2.72. The lowest BCUT2D eigenvalue weighted by molar-refractivity contribution is 0.239. The van der Waals surface area contributed by atoms with Gasteiger partial charge in [0.25, 0.3) is 0 Å². The normalized spacial score (nSPS) is 19.8. The van der Waals surface area contributed by atoms with E-state index in [1.165, 1.54) is 0 Å². The van der Waals surface area contributed by atoms with Crippen molar-refractivity contribution in [3.8, 4) is 0 Å². The molecule has 1 aliphatic heterocycles. The zero-order valence-electron chi connectivity index (χ0n) is 12.9. The Labute approximate surface area is 135 Å². The highest BCUT2D eigenvalue weighted by atomic mass is 32.2. The van der Waals surface area contributed by atoms with Gasteiger partial charge in [0.1, 0.15) is 5.65 Å². The summed E-state index contributed by atoms with van der Waals surface area (Å²) in [7, 11) is -2.90. The van der Waals surface area contributed by atoms with Crippen molar-refractivity contribution in [3.05, 3.63) is 35.8 Å². The first-order valence-electron chi connectivity index (χ1n) is 7.58. The highest BCUT2D eigenvalue weighted by Gasteiger charge is 2.27. The number of hydrogen-bond acceptors (Lipinski definition) is 4. The smallest absolute Gasteiger partial charge is 0.315 e. The minimum Gasteiger partial charge on any atom is -0.338 e. The summed E-state index contributed by atoms with van der Waals surface area (Å²) >= 11 is 0. The Balaban J connectivity index is 1.48. The molecule has 0 spiro atoms. The van der Waals surface area contributed by atoms with Gasteiger partial charge in [0, 0.05) is 18.9 Å². The number of imidazole rings is 1. The Hall–Kier alpha value is -2.09. The molecule has 0 aliphatic carbocycles. The first-order chi connectivity index (χ1) is 10.9. The molecule has 124 valence electrons. The van der Waals surface area contributed by atoms with E-state index < -0.39 is 9.84 Å². The van der Waals surface area contributed by atoms with Gasteiger partial charge < -0.3 is 15.0 Å². The van der Waals surface area contributed by atoms with Crippen molar-refractivity contribution < 1.29 is 13.2 Å². The second-order valence-corrected chi connectivity index (χ2v) is 8.26. The van der Waals surface area contributed by atoms with E-state index in [0.29, 0.717) is 19.5 Å². The third-order valence-electron chi connectivity index (χ3n) is 3.97. The van der Waals surface area contributed by atoms with E-state index in [4.69, 9.17) is 0 Å². The van der Waals surface area contributed by atoms with E-state index in [1.54, 1.807) is 0 Å². The third-order valence-corrected chi connectivity index (χ3v) is 5.81. The first kappa shape index (κ1) is 15.8. The van der Waals surface area contributed by atoms with Crippen molar-refractivity contribution >= 4 is 21.5 Å². The van der Waals surface area contributed by atoms with Gasteiger partial charge in [-0.1, -0.05) is 0 Å². The number of aromatic nitrogens is 2. The topological polar surface area (TPSA) is 92.6 Å². The van der Waals surface area contributed by atoms with E-state index in [-0.39, 0.29) is 23.5 Å². The summed E-state index contributed by atoms with van der Waals surface area (Å²) in [4.78, 5) is 16.2. The van der Waals surface area contributed by atoms with Crippen LogP contribution in [-0.2, 0) is 16.4 Å². The monoisotopic (exact) mass is 336 g/mol. The predicted octanol–water partition coefficient (Wildman–Crippen LogP) is 0.877. The Kier molecular flexibility index (Phi) is 4.25. The Morgan fingerprint density at radius 3 is 3.00 bits per heavy atom. The number of aryl methyl sites for hydroxylation is 1.